The van der Waals surface area contributed by atoms with Crippen LogP contribution in [0.1, 0.15) is 17.3 Å². The van der Waals surface area contributed by atoms with Gasteiger partial charge in [0.15, 0.2) is 5.78 Å². The van der Waals surface area contributed by atoms with Crippen molar-refractivity contribution < 1.29 is 14.5 Å². The fourth-order valence-electron chi connectivity index (χ4n) is 1.64. The lowest BCUT2D eigenvalue weighted by molar-refractivity contribution is -0.384. The number of rotatable bonds is 4. The molecule has 0 radical (unpaired) electrons. The van der Waals surface area contributed by atoms with Crippen LogP contribution < -0.4 is 4.74 Å². The minimum absolute atomic E-state index is 0.134. The monoisotopic (exact) mass is 383 g/mol. The Morgan fingerprint density at radius 3 is 2.50 bits per heavy atom. The molecule has 0 N–H and O–H groups in total. The second kappa shape index (κ2) is 6.00. The Morgan fingerprint density at radius 2 is 1.90 bits per heavy atom. The number of nitro benzene ring substituents is 1. The number of Topliss-reactive ketones (excluding diaryl/α,β-unsaturated/α-hetero) is 1. The Kier molecular flexibility index (Phi) is 4.33. The summed E-state index contributed by atoms with van der Waals surface area (Å²) in [6.07, 6.45) is 0. The van der Waals surface area contributed by atoms with Crippen molar-refractivity contribution in [2.45, 2.75) is 6.92 Å². The SMILES string of the molecule is CC(=O)c1cc([N+](=O)[O-])ccc1Oc1ccccc1I. The fraction of sp³-hybridized carbons (Fsp3) is 0.0714. The first-order valence-electron chi connectivity index (χ1n) is 5.71. The van der Waals surface area contributed by atoms with E-state index in [0.29, 0.717) is 11.5 Å². The van der Waals surface area contributed by atoms with Gasteiger partial charge in [0, 0.05) is 12.1 Å². The van der Waals surface area contributed by atoms with Crippen molar-refractivity contribution in [3.05, 3.63) is 61.7 Å². The van der Waals surface area contributed by atoms with E-state index in [1.165, 1.54) is 25.1 Å². The highest BCUT2D eigenvalue weighted by atomic mass is 127. The van der Waals surface area contributed by atoms with Crippen LogP contribution in [0, 0.1) is 13.7 Å². The molecule has 6 heteroatoms. The van der Waals surface area contributed by atoms with Crippen molar-refractivity contribution in [3.8, 4) is 11.5 Å². The van der Waals surface area contributed by atoms with Gasteiger partial charge in [-0.2, -0.15) is 0 Å². The lowest BCUT2D eigenvalue weighted by Crippen LogP contribution is -1.99. The van der Waals surface area contributed by atoms with E-state index in [0.717, 1.165) is 3.57 Å². The predicted molar refractivity (Wildman–Crippen MR) is 82.3 cm³/mol. The van der Waals surface area contributed by atoms with Crippen LogP contribution in [-0.4, -0.2) is 10.7 Å². The molecular formula is C14H10INO4. The van der Waals surface area contributed by atoms with Gasteiger partial charge in [-0.15, -0.1) is 0 Å². The van der Waals surface area contributed by atoms with Crippen molar-refractivity contribution >= 4 is 34.1 Å². The van der Waals surface area contributed by atoms with Crippen LogP contribution in [0.25, 0.3) is 0 Å². The summed E-state index contributed by atoms with van der Waals surface area (Å²) in [5, 5.41) is 10.8. The van der Waals surface area contributed by atoms with Crippen LogP contribution in [0.4, 0.5) is 5.69 Å². The van der Waals surface area contributed by atoms with E-state index in [-0.39, 0.29) is 17.0 Å². The summed E-state index contributed by atoms with van der Waals surface area (Å²) >= 11 is 2.12. The summed E-state index contributed by atoms with van der Waals surface area (Å²) in [6, 6.07) is 11.3. The Bertz CT molecular complexity index is 685. The molecule has 0 aromatic heterocycles. The zero-order valence-corrected chi connectivity index (χ0v) is 12.7. The van der Waals surface area contributed by atoms with Crippen molar-refractivity contribution in [2.24, 2.45) is 0 Å². The highest BCUT2D eigenvalue weighted by Crippen LogP contribution is 2.31. The number of nitrogens with zero attached hydrogens (tertiary/aromatic N) is 1. The summed E-state index contributed by atoms with van der Waals surface area (Å²) in [5.41, 5.74) is 0.0594. The van der Waals surface area contributed by atoms with Gasteiger partial charge >= 0.3 is 0 Å². The Labute approximate surface area is 128 Å². The van der Waals surface area contributed by atoms with Crippen LogP contribution in [-0.2, 0) is 0 Å². The van der Waals surface area contributed by atoms with Gasteiger partial charge in [0.2, 0.25) is 0 Å². The van der Waals surface area contributed by atoms with Gasteiger partial charge in [-0.3, -0.25) is 14.9 Å². The van der Waals surface area contributed by atoms with E-state index in [1.54, 1.807) is 6.07 Å². The van der Waals surface area contributed by atoms with Crippen LogP contribution in [0.5, 0.6) is 11.5 Å². The molecule has 2 rings (SSSR count). The molecule has 2 aromatic carbocycles. The van der Waals surface area contributed by atoms with E-state index in [2.05, 4.69) is 22.6 Å². The lowest BCUT2D eigenvalue weighted by atomic mass is 10.1. The topological polar surface area (TPSA) is 69.4 Å². The van der Waals surface area contributed by atoms with Crippen molar-refractivity contribution in [2.75, 3.05) is 0 Å². The molecule has 0 saturated heterocycles. The molecule has 20 heavy (non-hydrogen) atoms. The number of non-ortho nitro benzene ring substituents is 1. The second-order valence-electron chi connectivity index (χ2n) is 4.03. The predicted octanol–water partition coefficient (Wildman–Crippen LogP) is 4.19. The van der Waals surface area contributed by atoms with Gasteiger partial charge < -0.3 is 4.74 Å². The standard InChI is InChI=1S/C14H10INO4/c1-9(17)11-8-10(16(18)19)6-7-13(11)20-14-5-3-2-4-12(14)15/h2-8H,1H3. The molecule has 0 bridgehead atoms. The third-order valence-corrected chi connectivity index (χ3v) is 3.50. The molecule has 5 nitrogen and oxygen atoms in total. The number of hydrogen-bond donors (Lipinski definition) is 0. The molecule has 102 valence electrons. The molecule has 0 spiro atoms. The van der Waals surface area contributed by atoms with Crippen LogP contribution in [0.15, 0.2) is 42.5 Å². The summed E-state index contributed by atoms with van der Waals surface area (Å²) in [4.78, 5) is 21.8. The molecule has 0 aliphatic rings. The number of para-hydroxylation sites is 1. The molecule has 2 aromatic rings. The number of carbonyl (C=O) groups excluding carboxylic acids is 1. The third kappa shape index (κ3) is 3.13. The second-order valence-corrected chi connectivity index (χ2v) is 5.19. The van der Waals surface area contributed by atoms with Crippen LogP contribution in [0.2, 0.25) is 0 Å². The van der Waals surface area contributed by atoms with Crippen LogP contribution >= 0.6 is 22.6 Å². The van der Waals surface area contributed by atoms with Gasteiger partial charge in [-0.05, 0) is 47.7 Å². The first-order chi connectivity index (χ1) is 9.49. The third-order valence-electron chi connectivity index (χ3n) is 2.61. The van der Waals surface area contributed by atoms with Gasteiger partial charge in [0.05, 0.1) is 14.1 Å². The summed E-state index contributed by atoms with van der Waals surface area (Å²) in [7, 11) is 0. The van der Waals surface area contributed by atoms with E-state index in [1.807, 2.05) is 18.2 Å². The van der Waals surface area contributed by atoms with Gasteiger partial charge in [-0.1, -0.05) is 12.1 Å². The number of hydrogen-bond acceptors (Lipinski definition) is 4. The van der Waals surface area contributed by atoms with Gasteiger partial charge in [0.25, 0.3) is 5.69 Å². The fourth-order valence-corrected chi connectivity index (χ4v) is 2.14. The maximum Gasteiger partial charge on any atom is 0.270 e. The number of ether oxygens (including phenoxy) is 1. The zero-order valence-electron chi connectivity index (χ0n) is 10.5. The van der Waals surface area contributed by atoms with E-state index in [9.17, 15) is 14.9 Å². The Morgan fingerprint density at radius 1 is 1.20 bits per heavy atom. The van der Waals surface area contributed by atoms with Gasteiger partial charge in [-0.25, -0.2) is 0 Å². The minimum atomic E-state index is -0.539. The zero-order chi connectivity index (χ0) is 14.7. The van der Waals surface area contributed by atoms with Crippen molar-refractivity contribution in [1.29, 1.82) is 0 Å². The highest BCUT2D eigenvalue weighted by Gasteiger charge is 2.16. The Hall–Kier alpha value is -1.96. The molecule has 0 unspecified atom stereocenters. The molecule has 0 saturated carbocycles. The van der Waals surface area contributed by atoms with E-state index < -0.39 is 4.92 Å². The van der Waals surface area contributed by atoms with Gasteiger partial charge in [0.1, 0.15) is 11.5 Å². The minimum Gasteiger partial charge on any atom is -0.455 e. The molecule has 0 heterocycles. The maximum absolute atomic E-state index is 11.6. The average molecular weight is 383 g/mol. The number of carbonyl (C=O) groups is 1. The average Bonchev–Trinajstić information content (AvgIpc) is 2.41. The van der Waals surface area contributed by atoms with Crippen LogP contribution in [0.3, 0.4) is 0 Å². The maximum atomic E-state index is 11.6. The summed E-state index contributed by atoms with van der Waals surface area (Å²) in [5.74, 6) is 0.631. The molecule has 0 amide bonds. The smallest absolute Gasteiger partial charge is 0.270 e. The normalized spacial score (nSPS) is 10.1. The molecule has 0 fully saturated rings. The molecule has 0 aliphatic carbocycles. The number of nitro groups is 1. The van der Waals surface area contributed by atoms with Crippen molar-refractivity contribution in [1.82, 2.24) is 0 Å². The summed E-state index contributed by atoms with van der Waals surface area (Å²) < 4.78 is 6.57. The molecule has 0 aliphatic heterocycles. The largest absolute Gasteiger partial charge is 0.455 e. The van der Waals surface area contributed by atoms with E-state index >= 15 is 0 Å². The number of halogens is 1. The first kappa shape index (κ1) is 14.4. The summed E-state index contributed by atoms with van der Waals surface area (Å²) in [6.45, 7) is 1.35. The molecular weight excluding hydrogens is 373 g/mol. The highest BCUT2D eigenvalue weighted by molar-refractivity contribution is 14.1. The first-order valence-corrected chi connectivity index (χ1v) is 6.78. The number of ketones is 1. The lowest BCUT2D eigenvalue weighted by Gasteiger charge is -2.10. The molecule has 0 atom stereocenters. The van der Waals surface area contributed by atoms with Crippen molar-refractivity contribution in [3.63, 3.8) is 0 Å². The van der Waals surface area contributed by atoms with E-state index in [4.69, 9.17) is 4.74 Å². The quantitative estimate of drug-likeness (QED) is 0.344. The Balaban J connectivity index is 2.44. The number of benzene rings is 2.